The van der Waals surface area contributed by atoms with E-state index in [4.69, 9.17) is 5.11 Å². The van der Waals surface area contributed by atoms with E-state index in [9.17, 15) is 14.4 Å². The summed E-state index contributed by atoms with van der Waals surface area (Å²) in [6.45, 7) is 4.61. The molecule has 1 atom stereocenters. The second-order valence-corrected chi connectivity index (χ2v) is 5.01. The van der Waals surface area contributed by atoms with E-state index < -0.39 is 17.9 Å². The van der Waals surface area contributed by atoms with Crippen molar-refractivity contribution in [2.75, 3.05) is 6.54 Å². The fourth-order valence-electron chi connectivity index (χ4n) is 1.84. The summed E-state index contributed by atoms with van der Waals surface area (Å²) in [6, 6.07) is 7.48. The Morgan fingerprint density at radius 2 is 1.71 bits per heavy atom. The Morgan fingerprint density at radius 3 is 2.19 bits per heavy atom. The lowest BCUT2D eigenvalue weighted by molar-refractivity contribution is -0.146. The molecule has 0 fully saturated rings. The van der Waals surface area contributed by atoms with Gasteiger partial charge in [0.2, 0.25) is 5.91 Å². The highest BCUT2D eigenvalue weighted by molar-refractivity contribution is 5.97. The van der Waals surface area contributed by atoms with Crippen LogP contribution in [0.25, 0.3) is 0 Å². The second kappa shape index (κ2) is 7.42. The average Bonchev–Trinajstić information content (AvgIpc) is 2.44. The predicted molar refractivity (Wildman–Crippen MR) is 77.9 cm³/mol. The summed E-state index contributed by atoms with van der Waals surface area (Å²) in [6.07, 6.45) is 0. The van der Waals surface area contributed by atoms with Crippen molar-refractivity contribution in [3.05, 3.63) is 35.9 Å². The van der Waals surface area contributed by atoms with E-state index in [-0.39, 0.29) is 18.5 Å². The van der Waals surface area contributed by atoms with Crippen LogP contribution in [0, 0.1) is 0 Å². The number of carboxylic acid groups (broad SMARTS) is 1. The van der Waals surface area contributed by atoms with Gasteiger partial charge in [-0.25, -0.2) is 0 Å². The maximum Gasteiger partial charge on any atom is 0.323 e. The topological polar surface area (TPSA) is 86.7 Å². The van der Waals surface area contributed by atoms with Gasteiger partial charge in [0.15, 0.2) is 0 Å². The highest BCUT2D eigenvalue weighted by Crippen LogP contribution is 2.04. The molecule has 2 amide bonds. The molecule has 1 aromatic rings. The molecule has 0 spiro atoms. The van der Waals surface area contributed by atoms with Gasteiger partial charge >= 0.3 is 5.97 Å². The molecule has 114 valence electrons. The van der Waals surface area contributed by atoms with Crippen LogP contribution in [0.15, 0.2) is 30.3 Å². The zero-order valence-electron chi connectivity index (χ0n) is 12.4. The molecular formula is C15H20N2O4. The van der Waals surface area contributed by atoms with Crippen molar-refractivity contribution in [2.45, 2.75) is 32.9 Å². The molecule has 0 saturated carbocycles. The molecule has 1 rings (SSSR count). The van der Waals surface area contributed by atoms with Gasteiger partial charge < -0.3 is 15.3 Å². The molecule has 0 bridgehead atoms. The predicted octanol–water partition coefficient (Wildman–Crippen LogP) is 1.13. The number of carbonyl (C=O) groups excluding carboxylic acids is 2. The molecule has 0 aromatic heterocycles. The van der Waals surface area contributed by atoms with E-state index in [1.54, 1.807) is 51.1 Å². The van der Waals surface area contributed by atoms with Crippen LogP contribution in [0.1, 0.15) is 31.1 Å². The summed E-state index contributed by atoms with van der Waals surface area (Å²) >= 11 is 0. The summed E-state index contributed by atoms with van der Waals surface area (Å²) in [7, 11) is 0. The lowest BCUT2D eigenvalue weighted by Gasteiger charge is -2.28. The lowest BCUT2D eigenvalue weighted by Crippen LogP contribution is -2.50. The van der Waals surface area contributed by atoms with Gasteiger partial charge in [0.1, 0.15) is 12.6 Å². The van der Waals surface area contributed by atoms with E-state index in [0.29, 0.717) is 5.56 Å². The van der Waals surface area contributed by atoms with Crippen molar-refractivity contribution in [3.63, 3.8) is 0 Å². The highest BCUT2D eigenvalue weighted by Gasteiger charge is 2.26. The zero-order valence-corrected chi connectivity index (χ0v) is 12.4. The van der Waals surface area contributed by atoms with Crippen molar-refractivity contribution in [1.29, 1.82) is 0 Å². The van der Waals surface area contributed by atoms with Gasteiger partial charge in [0, 0.05) is 11.6 Å². The van der Waals surface area contributed by atoms with Gasteiger partial charge in [-0.3, -0.25) is 14.4 Å². The van der Waals surface area contributed by atoms with Gasteiger partial charge in [-0.2, -0.15) is 0 Å². The average molecular weight is 292 g/mol. The van der Waals surface area contributed by atoms with Crippen molar-refractivity contribution in [2.24, 2.45) is 0 Å². The number of carboxylic acids is 1. The van der Waals surface area contributed by atoms with E-state index in [1.807, 2.05) is 0 Å². The number of amides is 2. The standard InChI is InChI=1S/C15H20N2O4/c1-10(2)17(9-13(18)19)15(21)11(3)16-14(20)12-7-5-4-6-8-12/h4-8,10-11H,9H2,1-3H3,(H,16,20)(H,18,19). The van der Waals surface area contributed by atoms with Crippen LogP contribution in [0.3, 0.4) is 0 Å². The minimum Gasteiger partial charge on any atom is -0.480 e. The number of hydrogen-bond acceptors (Lipinski definition) is 3. The molecule has 0 aliphatic heterocycles. The van der Waals surface area contributed by atoms with Gasteiger partial charge in [-0.1, -0.05) is 18.2 Å². The number of nitrogens with zero attached hydrogens (tertiary/aromatic N) is 1. The minimum atomic E-state index is -1.08. The third kappa shape index (κ3) is 4.91. The van der Waals surface area contributed by atoms with Crippen LogP contribution in [-0.2, 0) is 9.59 Å². The number of hydrogen-bond donors (Lipinski definition) is 2. The van der Waals surface area contributed by atoms with E-state index in [1.165, 1.54) is 4.90 Å². The molecule has 0 aliphatic carbocycles. The first kappa shape index (κ1) is 16.7. The first-order chi connectivity index (χ1) is 9.82. The largest absolute Gasteiger partial charge is 0.480 e. The van der Waals surface area contributed by atoms with Crippen LogP contribution >= 0.6 is 0 Å². The Bertz CT molecular complexity index is 514. The van der Waals surface area contributed by atoms with Gasteiger partial charge in [0.25, 0.3) is 5.91 Å². The zero-order chi connectivity index (χ0) is 16.0. The van der Waals surface area contributed by atoms with Crippen molar-refractivity contribution in [1.82, 2.24) is 10.2 Å². The molecule has 1 aromatic carbocycles. The fraction of sp³-hybridized carbons (Fsp3) is 0.400. The lowest BCUT2D eigenvalue weighted by atomic mass is 10.2. The fourth-order valence-corrected chi connectivity index (χ4v) is 1.84. The van der Waals surface area contributed by atoms with E-state index in [0.717, 1.165) is 0 Å². The number of nitrogens with one attached hydrogen (secondary N) is 1. The molecule has 6 nitrogen and oxygen atoms in total. The molecule has 0 saturated heterocycles. The molecule has 1 unspecified atom stereocenters. The number of rotatable bonds is 6. The third-order valence-electron chi connectivity index (χ3n) is 2.97. The smallest absolute Gasteiger partial charge is 0.323 e. The van der Waals surface area contributed by atoms with E-state index in [2.05, 4.69) is 5.32 Å². The molecule has 21 heavy (non-hydrogen) atoms. The van der Waals surface area contributed by atoms with Gasteiger partial charge in [-0.15, -0.1) is 0 Å². The van der Waals surface area contributed by atoms with Crippen molar-refractivity contribution >= 4 is 17.8 Å². The number of carbonyl (C=O) groups is 3. The SMILES string of the molecule is CC(NC(=O)c1ccccc1)C(=O)N(CC(=O)O)C(C)C. The summed E-state index contributed by atoms with van der Waals surface area (Å²) in [5, 5.41) is 11.4. The summed E-state index contributed by atoms with van der Waals surface area (Å²) in [4.78, 5) is 36.2. The van der Waals surface area contributed by atoms with E-state index >= 15 is 0 Å². The third-order valence-corrected chi connectivity index (χ3v) is 2.97. The van der Waals surface area contributed by atoms with Gasteiger partial charge in [0.05, 0.1) is 0 Å². The monoisotopic (exact) mass is 292 g/mol. The number of aliphatic carboxylic acids is 1. The Kier molecular flexibility index (Phi) is 5.90. The number of benzene rings is 1. The van der Waals surface area contributed by atoms with Crippen LogP contribution < -0.4 is 5.32 Å². The van der Waals surface area contributed by atoms with Crippen LogP contribution in [0.2, 0.25) is 0 Å². The Morgan fingerprint density at radius 1 is 1.14 bits per heavy atom. The van der Waals surface area contributed by atoms with Crippen LogP contribution in [-0.4, -0.2) is 46.4 Å². The molecule has 0 aliphatic rings. The first-order valence-electron chi connectivity index (χ1n) is 6.71. The van der Waals surface area contributed by atoms with Crippen molar-refractivity contribution in [3.8, 4) is 0 Å². The summed E-state index contributed by atoms with van der Waals surface area (Å²) in [5.41, 5.74) is 0.450. The molecule has 0 radical (unpaired) electrons. The second-order valence-electron chi connectivity index (χ2n) is 5.01. The molecule has 6 heteroatoms. The maximum absolute atomic E-state index is 12.2. The molecule has 0 heterocycles. The Labute approximate surface area is 123 Å². The summed E-state index contributed by atoms with van der Waals surface area (Å²) < 4.78 is 0. The normalized spacial score (nSPS) is 11.8. The quantitative estimate of drug-likeness (QED) is 0.822. The Balaban J connectivity index is 2.73. The van der Waals surface area contributed by atoms with Crippen LogP contribution in [0.5, 0.6) is 0 Å². The van der Waals surface area contributed by atoms with Crippen LogP contribution in [0.4, 0.5) is 0 Å². The first-order valence-corrected chi connectivity index (χ1v) is 6.71. The minimum absolute atomic E-state index is 0.260. The summed E-state index contributed by atoms with van der Waals surface area (Å²) in [5.74, 6) is -1.87. The molecule has 2 N–H and O–H groups in total. The highest BCUT2D eigenvalue weighted by atomic mass is 16.4. The Hall–Kier alpha value is -2.37. The van der Waals surface area contributed by atoms with Crippen molar-refractivity contribution < 1.29 is 19.5 Å². The maximum atomic E-state index is 12.2. The van der Waals surface area contributed by atoms with Gasteiger partial charge in [-0.05, 0) is 32.9 Å². The molecular weight excluding hydrogens is 272 g/mol.